The van der Waals surface area contributed by atoms with Crippen LogP contribution in [-0.2, 0) is 14.6 Å². The second kappa shape index (κ2) is 9.92. The largest absolute Gasteiger partial charge is 0.490 e. The predicted octanol–water partition coefficient (Wildman–Crippen LogP) is 4.13. The molecule has 5 rings (SSSR count). The second-order valence-corrected chi connectivity index (χ2v) is 12.4. The number of amides is 1. The summed E-state index contributed by atoms with van der Waals surface area (Å²) >= 11 is 0. The van der Waals surface area contributed by atoms with Crippen LogP contribution in [0.15, 0.2) is 35.5 Å². The van der Waals surface area contributed by atoms with Crippen LogP contribution in [0.3, 0.4) is 0 Å². The molecule has 0 N–H and O–H groups in total. The van der Waals surface area contributed by atoms with Gasteiger partial charge in [0.15, 0.2) is 14.9 Å². The number of pyridine rings is 1. The number of carbonyl (C=O) groups is 1. The number of benzene rings is 1. The summed E-state index contributed by atoms with van der Waals surface area (Å²) in [5.74, 6) is 2.66. The van der Waals surface area contributed by atoms with Gasteiger partial charge in [-0.15, -0.1) is 0 Å². The third-order valence-electron chi connectivity index (χ3n) is 7.60. The van der Waals surface area contributed by atoms with Crippen molar-refractivity contribution in [1.29, 1.82) is 0 Å². The molecular formula is C27H35N3O5S. The van der Waals surface area contributed by atoms with Crippen molar-refractivity contribution < 1.29 is 22.7 Å². The Hall–Kier alpha value is -2.81. The zero-order valence-corrected chi connectivity index (χ0v) is 22.1. The molecule has 194 valence electrons. The summed E-state index contributed by atoms with van der Waals surface area (Å²) in [6, 6.07) is 7.62. The van der Waals surface area contributed by atoms with E-state index in [-0.39, 0.29) is 17.0 Å². The van der Waals surface area contributed by atoms with Gasteiger partial charge in [0.1, 0.15) is 24.2 Å². The number of nitrogens with zero attached hydrogens (tertiary/aromatic N) is 3. The lowest BCUT2D eigenvalue weighted by Crippen LogP contribution is -2.37. The van der Waals surface area contributed by atoms with Gasteiger partial charge in [0, 0.05) is 31.2 Å². The molecule has 2 fully saturated rings. The van der Waals surface area contributed by atoms with Gasteiger partial charge in [-0.2, -0.15) is 0 Å². The van der Waals surface area contributed by atoms with E-state index in [0.29, 0.717) is 31.2 Å². The van der Waals surface area contributed by atoms with Crippen molar-refractivity contribution in [2.24, 2.45) is 11.8 Å². The molecule has 1 atom stereocenters. The zero-order chi connectivity index (χ0) is 25.4. The molecule has 36 heavy (non-hydrogen) atoms. The third kappa shape index (κ3) is 5.16. The summed E-state index contributed by atoms with van der Waals surface area (Å²) in [4.78, 5) is 21.3. The number of ether oxygens (including phenoxy) is 2. The van der Waals surface area contributed by atoms with Gasteiger partial charge in [0.25, 0.3) is 0 Å². The first-order valence-electron chi connectivity index (χ1n) is 12.9. The van der Waals surface area contributed by atoms with E-state index in [2.05, 4.69) is 16.8 Å². The Labute approximate surface area is 213 Å². The fraction of sp³-hybridized carbons (Fsp3) is 0.556. The van der Waals surface area contributed by atoms with Crippen LogP contribution in [0.5, 0.6) is 11.5 Å². The smallest absolute Gasteiger partial charge is 0.225 e. The molecule has 0 unspecified atom stereocenters. The average Bonchev–Trinajstić information content (AvgIpc) is 3.31. The fourth-order valence-electron chi connectivity index (χ4n) is 5.60. The molecule has 1 saturated carbocycles. The topological polar surface area (TPSA) is 89.0 Å². The van der Waals surface area contributed by atoms with E-state index in [1.807, 2.05) is 29.2 Å². The van der Waals surface area contributed by atoms with Crippen molar-refractivity contribution in [1.82, 2.24) is 9.88 Å². The Morgan fingerprint density at radius 1 is 1.11 bits per heavy atom. The summed E-state index contributed by atoms with van der Waals surface area (Å²) in [5, 5.41) is 0.0971. The minimum absolute atomic E-state index is 0.0366. The maximum Gasteiger partial charge on any atom is 0.225 e. The van der Waals surface area contributed by atoms with E-state index < -0.39 is 9.84 Å². The van der Waals surface area contributed by atoms with E-state index in [0.717, 1.165) is 67.4 Å². The maximum atomic E-state index is 13.0. The van der Waals surface area contributed by atoms with Gasteiger partial charge < -0.3 is 19.3 Å². The first-order chi connectivity index (χ1) is 17.2. The van der Waals surface area contributed by atoms with Crippen LogP contribution >= 0.6 is 0 Å². The van der Waals surface area contributed by atoms with Gasteiger partial charge in [-0.3, -0.25) is 4.79 Å². The number of hydrogen-bond donors (Lipinski definition) is 0. The van der Waals surface area contributed by atoms with Crippen LogP contribution in [0.2, 0.25) is 0 Å². The molecule has 3 aliphatic rings. The van der Waals surface area contributed by atoms with E-state index in [4.69, 9.17) is 9.47 Å². The molecule has 0 bridgehead atoms. The molecule has 0 spiro atoms. The van der Waals surface area contributed by atoms with E-state index in [1.165, 1.54) is 6.26 Å². The molecule has 1 aromatic carbocycles. The lowest BCUT2D eigenvalue weighted by Gasteiger charge is -2.32. The lowest BCUT2D eigenvalue weighted by atomic mass is 9.82. The minimum Gasteiger partial charge on any atom is -0.490 e. The molecule has 9 heteroatoms. The second-order valence-electron chi connectivity index (χ2n) is 10.5. The SMILES string of the molecule is Cc1cc(N2CCOc3ccc(O[C@H]4CCN(C(=O)[C@H]5CC[C@H](C)CC5)C4)cc32)cnc1S(C)(=O)=O. The van der Waals surface area contributed by atoms with Gasteiger partial charge in [-0.25, -0.2) is 13.4 Å². The van der Waals surface area contributed by atoms with Crippen molar-refractivity contribution in [2.75, 3.05) is 37.4 Å². The summed E-state index contributed by atoms with van der Waals surface area (Å²) < 4.78 is 36.2. The molecule has 8 nitrogen and oxygen atoms in total. The summed E-state index contributed by atoms with van der Waals surface area (Å²) in [6.45, 7) is 6.52. The number of hydrogen-bond acceptors (Lipinski definition) is 7. The van der Waals surface area contributed by atoms with Crippen LogP contribution in [0.1, 0.15) is 44.6 Å². The van der Waals surface area contributed by atoms with Gasteiger partial charge in [0.2, 0.25) is 5.91 Å². The van der Waals surface area contributed by atoms with Gasteiger partial charge >= 0.3 is 0 Å². The average molecular weight is 514 g/mol. The Kier molecular flexibility index (Phi) is 6.85. The third-order valence-corrected chi connectivity index (χ3v) is 8.73. The van der Waals surface area contributed by atoms with Crippen LogP contribution in [0.4, 0.5) is 11.4 Å². The highest BCUT2D eigenvalue weighted by Gasteiger charge is 2.33. The van der Waals surface area contributed by atoms with Crippen LogP contribution in [-0.4, -0.2) is 62.8 Å². The van der Waals surface area contributed by atoms with Crippen molar-refractivity contribution in [3.63, 3.8) is 0 Å². The monoisotopic (exact) mass is 513 g/mol. The highest BCUT2D eigenvalue weighted by molar-refractivity contribution is 7.90. The molecule has 3 heterocycles. The fourth-order valence-corrected chi connectivity index (χ4v) is 6.49. The van der Waals surface area contributed by atoms with Crippen LogP contribution in [0.25, 0.3) is 0 Å². The van der Waals surface area contributed by atoms with Crippen LogP contribution in [0, 0.1) is 18.8 Å². The molecule has 1 amide bonds. The van der Waals surface area contributed by atoms with Crippen molar-refractivity contribution in [3.8, 4) is 11.5 Å². The number of rotatable bonds is 5. The number of aryl methyl sites for hydroxylation is 1. The number of fused-ring (bicyclic) bond motifs is 1. The maximum absolute atomic E-state index is 13.0. The van der Waals surface area contributed by atoms with E-state index in [1.54, 1.807) is 13.1 Å². The normalized spacial score (nSPS) is 24.2. The first-order valence-corrected chi connectivity index (χ1v) is 14.7. The Bertz CT molecular complexity index is 1240. The van der Waals surface area contributed by atoms with Gasteiger partial charge in [0.05, 0.1) is 30.7 Å². The first kappa shape index (κ1) is 24.9. The summed E-state index contributed by atoms with van der Waals surface area (Å²) in [7, 11) is -3.38. The number of carbonyl (C=O) groups excluding carboxylic acids is 1. The van der Waals surface area contributed by atoms with Gasteiger partial charge in [-0.05, 0) is 62.3 Å². The molecule has 1 aromatic heterocycles. The minimum atomic E-state index is -3.38. The van der Waals surface area contributed by atoms with Crippen LogP contribution < -0.4 is 14.4 Å². The predicted molar refractivity (Wildman–Crippen MR) is 138 cm³/mol. The van der Waals surface area contributed by atoms with Crippen molar-refractivity contribution >= 4 is 27.1 Å². The Morgan fingerprint density at radius 2 is 1.89 bits per heavy atom. The molecule has 0 radical (unpaired) electrons. The molecule has 2 aliphatic heterocycles. The molecule has 2 aromatic rings. The number of likely N-dealkylation sites (tertiary alicyclic amines) is 1. The molecular weight excluding hydrogens is 478 g/mol. The Balaban J connectivity index is 1.29. The summed E-state index contributed by atoms with van der Waals surface area (Å²) in [5.41, 5.74) is 2.27. The molecule has 1 aliphatic carbocycles. The van der Waals surface area contributed by atoms with Gasteiger partial charge in [-0.1, -0.05) is 6.92 Å². The summed E-state index contributed by atoms with van der Waals surface area (Å²) in [6.07, 6.45) is 7.84. The van der Waals surface area contributed by atoms with Crippen molar-refractivity contribution in [2.45, 2.75) is 57.1 Å². The van der Waals surface area contributed by atoms with Crippen molar-refractivity contribution in [3.05, 3.63) is 36.0 Å². The Morgan fingerprint density at radius 3 is 2.61 bits per heavy atom. The molecule has 1 saturated heterocycles. The number of anilines is 2. The number of sulfone groups is 1. The number of aromatic nitrogens is 1. The van der Waals surface area contributed by atoms with E-state index in [9.17, 15) is 13.2 Å². The van der Waals surface area contributed by atoms with E-state index >= 15 is 0 Å². The zero-order valence-electron chi connectivity index (χ0n) is 21.3. The highest BCUT2D eigenvalue weighted by Crippen LogP contribution is 2.40. The lowest BCUT2D eigenvalue weighted by molar-refractivity contribution is -0.136. The highest BCUT2D eigenvalue weighted by atomic mass is 32.2. The standard InChI is InChI=1S/C27H35N3O5S/c1-18-4-6-20(7-5-18)27(31)29-11-10-23(17-29)35-22-8-9-25-24(15-22)30(12-13-34-25)21-14-19(2)26(28-16-21)36(3,32)33/h8-9,14-16,18,20,23H,4-7,10-13,17H2,1-3H3/t18-,20-,23-/m0/s1. The quantitative estimate of drug-likeness (QED) is 0.594.